The highest BCUT2D eigenvalue weighted by atomic mass is 16.1. The maximum atomic E-state index is 10.5. The van der Waals surface area contributed by atoms with E-state index in [2.05, 4.69) is 19.1 Å². The summed E-state index contributed by atoms with van der Waals surface area (Å²) in [5.74, 6) is 0. The van der Waals surface area contributed by atoms with E-state index >= 15 is 0 Å². The average molecular weight is 202 g/mol. The first-order valence-electron chi connectivity index (χ1n) is 5.58. The first kappa shape index (κ1) is 11.7. The SMILES string of the molecule is CCCCC/C(=C\C=O)c1ccccc1. The highest BCUT2D eigenvalue weighted by Crippen LogP contribution is 2.20. The van der Waals surface area contributed by atoms with Crippen LogP contribution in [0.1, 0.15) is 38.2 Å². The van der Waals surface area contributed by atoms with Crippen molar-refractivity contribution in [2.24, 2.45) is 0 Å². The van der Waals surface area contributed by atoms with Crippen molar-refractivity contribution in [2.45, 2.75) is 32.6 Å². The minimum absolute atomic E-state index is 0.883. The molecule has 0 spiro atoms. The maximum absolute atomic E-state index is 10.5. The van der Waals surface area contributed by atoms with Crippen LogP contribution in [0.25, 0.3) is 5.57 Å². The summed E-state index contributed by atoms with van der Waals surface area (Å²) in [6, 6.07) is 10.1. The Kier molecular flexibility index (Phi) is 5.46. The van der Waals surface area contributed by atoms with Gasteiger partial charge in [-0.2, -0.15) is 0 Å². The molecule has 80 valence electrons. The normalized spacial score (nSPS) is 11.4. The molecule has 0 fully saturated rings. The fourth-order valence-electron chi connectivity index (χ4n) is 1.62. The molecule has 0 saturated carbocycles. The van der Waals surface area contributed by atoms with Gasteiger partial charge in [-0.3, -0.25) is 4.79 Å². The lowest BCUT2D eigenvalue weighted by atomic mass is 10.00. The Morgan fingerprint density at radius 3 is 2.53 bits per heavy atom. The number of carbonyl (C=O) groups is 1. The van der Waals surface area contributed by atoms with Crippen LogP contribution in [-0.2, 0) is 4.79 Å². The zero-order valence-corrected chi connectivity index (χ0v) is 9.28. The molecular weight excluding hydrogens is 184 g/mol. The fourth-order valence-corrected chi connectivity index (χ4v) is 1.62. The molecule has 1 aromatic carbocycles. The van der Waals surface area contributed by atoms with E-state index in [-0.39, 0.29) is 0 Å². The van der Waals surface area contributed by atoms with Crippen LogP contribution in [0.5, 0.6) is 0 Å². The van der Waals surface area contributed by atoms with E-state index in [0.29, 0.717) is 0 Å². The zero-order chi connectivity index (χ0) is 10.9. The largest absolute Gasteiger partial charge is 0.299 e. The van der Waals surface area contributed by atoms with Gasteiger partial charge in [-0.15, -0.1) is 0 Å². The van der Waals surface area contributed by atoms with Gasteiger partial charge in [0.15, 0.2) is 0 Å². The molecule has 0 aliphatic carbocycles. The van der Waals surface area contributed by atoms with E-state index in [1.165, 1.54) is 18.4 Å². The standard InChI is InChI=1S/C14H18O/c1-2-3-5-8-14(11-12-15)13-9-6-4-7-10-13/h4,6-7,9-12H,2-3,5,8H2,1H3/b14-11+. The van der Waals surface area contributed by atoms with Crippen LogP contribution in [-0.4, -0.2) is 6.29 Å². The maximum Gasteiger partial charge on any atom is 0.143 e. The quantitative estimate of drug-likeness (QED) is 0.389. The third-order valence-corrected chi connectivity index (χ3v) is 2.46. The van der Waals surface area contributed by atoms with Crippen molar-refractivity contribution in [3.63, 3.8) is 0 Å². The van der Waals surface area contributed by atoms with Crippen LogP contribution in [0.4, 0.5) is 0 Å². The number of hydrogen-bond donors (Lipinski definition) is 0. The molecule has 0 N–H and O–H groups in total. The van der Waals surface area contributed by atoms with E-state index in [1.807, 2.05) is 18.2 Å². The Labute approximate surface area is 91.8 Å². The molecule has 0 atom stereocenters. The molecule has 1 nitrogen and oxygen atoms in total. The van der Waals surface area contributed by atoms with Gasteiger partial charge in [0.25, 0.3) is 0 Å². The van der Waals surface area contributed by atoms with Gasteiger partial charge in [0, 0.05) is 0 Å². The van der Waals surface area contributed by atoms with Crippen molar-refractivity contribution in [3.8, 4) is 0 Å². The second-order valence-electron chi connectivity index (χ2n) is 3.65. The van der Waals surface area contributed by atoms with Crippen LogP contribution in [0.2, 0.25) is 0 Å². The first-order chi connectivity index (χ1) is 7.38. The molecule has 1 aromatic rings. The summed E-state index contributed by atoms with van der Waals surface area (Å²) in [6.07, 6.45) is 7.16. The minimum atomic E-state index is 0.883. The van der Waals surface area contributed by atoms with Gasteiger partial charge in [0.1, 0.15) is 6.29 Å². The van der Waals surface area contributed by atoms with Crippen molar-refractivity contribution < 1.29 is 4.79 Å². The van der Waals surface area contributed by atoms with E-state index in [0.717, 1.165) is 24.7 Å². The molecule has 0 radical (unpaired) electrons. The molecule has 1 heteroatoms. The molecule has 0 aliphatic heterocycles. The molecule has 0 aromatic heterocycles. The molecule has 1 rings (SSSR count). The van der Waals surface area contributed by atoms with Gasteiger partial charge in [-0.05, 0) is 30.1 Å². The minimum Gasteiger partial charge on any atom is -0.299 e. The number of benzene rings is 1. The van der Waals surface area contributed by atoms with E-state index in [4.69, 9.17) is 0 Å². The van der Waals surface area contributed by atoms with Crippen molar-refractivity contribution in [1.29, 1.82) is 0 Å². The van der Waals surface area contributed by atoms with Crippen molar-refractivity contribution in [1.82, 2.24) is 0 Å². The Hall–Kier alpha value is -1.37. The predicted molar refractivity (Wildman–Crippen MR) is 64.6 cm³/mol. The molecule has 0 unspecified atom stereocenters. The monoisotopic (exact) mass is 202 g/mol. The molecule has 0 amide bonds. The predicted octanol–water partition coefficient (Wildman–Crippen LogP) is 3.85. The summed E-state index contributed by atoms with van der Waals surface area (Å²) >= 11 is 0. The molecule has 0 aliphatic rings. The lowest BCUT2D eigenvalue weighted by Gasteiger charge is -2.05. The van der Waals surface area contributed by atoms with Crippen LogP contribution in [0.15, 0.2) is 36.4 Å². The van der Waals surface area contributed by atoms with Gasteiger partial charge < -0.3 is 0 Å². The first-order valence-corrected chi connectivity index (χ1v) is 5.58. The van der Waals surface area contributed by atoms with Crippen LogP contribution >= 0.6 is 0 Å². The van der Waals surface area contributed by atoms with Gasteiger partial charge in [0.05, 0.1) is 0 Å². The van der Waals surface area contributed by atoms with E-state index < -0.39 is 0 Å². The Balaban J connectivity index is 2.67. The Bertz CT molecular complexity index is 311. The summed E-state index contributed by atoms with van der Waals surface area (Å²) in [4.78, 5) is 10.5. The second kappa shape index (κ2) is 6.99. The summed E-state index contributed by atoms with van der Waals surface area (Å²) < 4.78 is 0. The molecule has 0 saturated heterocycles. The summed E-state index contributed by atoms with van der Waals surface area (Å²) in [7, 11) is 0. The zero-order valence-electron chi connectivity index (χ0n) is 9.28. The average Bonchev–Trinajstić information content (AvgIpc) is 2.29. The van der Waals surface area contributed by atoms with Gasteiger partial charge >= 0.3 is 0 Å². The smallest absolute Gasteiger partial charge is 0.143 e. The fraction of sp³-hybridized carbons (Fsp3) is 0.357. The third kappa shape index (κ3) is 4.11. The lowest BCUT2D eigenvalue weighted by molar-refractivity contribution is -0.104. The summed E-state index contributed by atoms with van der Waals surface area (Å²) in [6.45, 7) is 2.19. The van der Waals surface area contributed by atoms with Gasteiger partial charge in [0.2, 0.25) is 0 Å². The highest BCUT2D eigenvalue weighted by molar-refractivity contribution is 5.81. The molecular formula is C14H18O. The van der Waals surface area contributed by atoms with E-state index in [1.54, 1.807) is 6.08 Å². The van der Waals surface area contributed by atoms with Crippen molar-refractivity contribution in [3.05, 3.63) is 42.0 Å². The number of hydrogen-bond acceptors (Lipinski definition) is 1. The summed E-state index contributed by atoms with van der Waals surface area (Å²) in [5, 5.41) is 0. The van der Waals surface area contributed by atoms with Crippen LogP contribution < -0.4 is 0 Å². The van der Waals surface area contributed by atoms with E-state index in [9.17, 15) is 4.79 Å². The second-order valence-corrected chi connectivity index (χ2v) is 3.65. The number of carbonyl (C=O) groups excluding carboxylic acids is 1. The number of unbranched alkanes of at least 4 members (excludes halogenated alkanes) is 2. The topological polar surface area (TPSA) is 17.1 Å². The number of rotatable bonds is 6. The Morgan fingerprint density at radius 1 is 1.20 bits per heavy atom. The van der Waals surface area contributed by atoms with Crippen LogP contribution in [0, 0.1) is 0 Å². The van der Waals surface area contributed by atoms with Crippen molar-refractivity contribution >= 4 is 11.9 Å². The Morgan fingerprint density at radius 2 is 1.93 bits per heavy atom. The van der Waals surface area contributed by atoms with Gasteiger partial charge in [-0.1, -0.05) is 50.1 Å². The highest BCUT2D eigenvalue weighted by Gasteiger charge is 1.99. The number of aldehydes is 1. The molecule has 0 heterocycles. The molecule has 15 heavy (non-hydrogen) atoms. The summed E-state index contributed by atoms with van der Waals surface area (Å²) in [5.41, 5.74) is 2.32. The third-order valence-electron chi connectivity index (χ3n) is 2.46. The van der Waals surface area contributed by atoms with Crippen molar-refractivity contribution in [2.75, 3.05) is 0 Å². The van der Waals surface area contributed by atoms with Gasteiger partial charge in [-0.25, -0.2) is 0 Å². The molecule has 0 bridgehead atoms. The lowest BCUT2D eigenvalue weighted by Crippen LogP contribution is -1.86. The van der Waals surface area contributed by atoms with Crippen LogP contribution in [0.3, 0.4) is 0 Å². The number of allylic oxidation sites excluding steroid dienone is 2.